The molecule has 5 rings (SSSR count). The second-order valence-corrected chi connectivity index (χ2v) is 6.20. The van der Waals surface area contributed by atoms with E-state index >= 15 is 0 Å². The van der Waals surface area contributed by atoms with E-state index in [2.05, 4.69) is 57.2 Å². The Morgan fingerprint density at radius 3 is 2.05 bits per heavy atom. The predicted molar refractivity (Wildman–Crippen MR) is 75.3 cm³/mol. The van der Waals surface area contributed by atoms with E-state index in [-0.39, 0.29) is 0 Å². The van der Waals surface area contributed by atoms with Gasteiger partial charge >= 0.3 is 0 Å². The van der Waals surface area contributed by atoms with Gasteiger partial charge in [-0.05, 0) is 11.6 Å². The molecule has 0 N–H and O–H groups in total. The number of quaternary nitrogens is 1. The van der Waals surface area contributed by atoms with Crippen LogP contribution in [-0.2, 0) is 0 Å². The number of hydrogen-bond donors (Lipinski definition) is 0. The maximum absolute atomic E-state index is 2.56. The van der Waals surface area contributed by atoms with Crippen LogP contribution in [0.2, 0.25) is 0 Å². The molecule has 0 saturated carbocycles. The number of nitrogens with zero attached hydrogens (tertiary/aromatic N) is 4. The molecule has 1 aromatic rings. The van der Waals surface area contributed by atoms with Gasteiger partial charge in [0.1, 0.15) is 26.6 Å². The largest absolute Gasteiger partial charge is 0.283 e. The van der Waals surface area contributed by atoms with Crippen LogP contribution in [0.15, 0.2) is 36.4 Å². The molecule has 0 spiro atoms. The van der Waals surface area contributed by atoms with E-state index in [1.165, 1.54) is 50.1 Å². The molecule has 0 radical (unpaired) electrons. The van der Waals surface area contributed by atoms with E-state index < -0.39 is 0 Å². The highest BCUT2D eigenvalue weighted by Gasteiger charge is 2.47. The molecule has 100 valence electrons. The molecule has 4 nitrogen and oxygen atoms in total. The van der Waals surface area contributed by atoms with Crippen LogP contribution in [0, 0.1) is 0 Å². The summed E-state index contributed by atoms with van der Waals surface area (Å²) in [5.74, 6) is 0. The molecule has 4 aliphatic heterocycles. The Balaban J connectivity index is 1.47. The third-order valence-electron chi connectivity index (χ3n) is 4.30. The van der Waals surface area contributed by atoms with Crippen molar-refractivity contribution in [3.63, 3.8) is 0 Å². The highest BCUT2D eigenvalue weighted by atomic mass is 15.7. The molecular formula is C15H21N4+. The normalized spacial score (nSPS) is 40.1. The zero-order valence-electron chi connectivity index (χ0n) is 11.3. The van der Waals surface area contributed by atoms with Crippen molar-refractivity contribution in [2.24, 2.45) is 0 Å². The molecule has 4 heterocycles. The van der Waals surface area contributed by atoms with Gasteiger partial charge in [0.2, 0.25) is 0 Å². The predicted octanol–water partition coefficient (Wildman–Crippen LogP) is 1.21. The van der Waals surface area contributed by atoms with Crippen molar-refractivity contribution >= 4 is 6.08 Å². The Bertz CT molecular complexity index is 447. The SMILES string of the molecule is C(=C\c1ccccc1)/C[N+]12CN3CN(CN(C3)C1)C2. The van der Waals surface area contributed by atoms with Gasteiger partial charge in [-0.2, -0.15) is 0 Å². The second-order valence-electron chi connectivity index (χ2n) is 6.20. The minimum atomic E-state index is 1.14. The Labute approximate surface area is 114 Å². The summed E-state index contributed by atoms with van der Waals surface area (Å²) in [6.45, 7) is 8.28. The lowest BCUT2D eigenvalue weighted by molar-refractivity contribution is -0.975. The van der Waals surface area contributed by atoms with Gasteiger partial charge in [-0.25, -0.2) is 14.7 Å². The lowest BCUT2D eigenvalue weighted by Crippen LogP contribution is -2.79. The van der Waals surface area contributed by atoms with Gasteiger partial charge < -0.3 is 0 Å². The summed E-state index contributed by atoms with van der Waals surface area (Å²) >= 11 is 0. The maximum atomic E-state index is 2.56. The quantitative estimate of drug-likeness (QED) is 0.754. The van der Waals surface area contributed by atoms with E-state index in [1.54, 1.807) is 0 Å². The molecule has 4 bridgehead atoms. The van der Waals surface area contributed by atoms with Crippen molar-refractivity contribution in [3.8, 4) is 0 Å². The minimum absolute atomic E-state index is 1.14. The topological polar surface area (TPSA) is 9.72 Å². The molecule has 0 amide bonds. The van der Waals surface area contributed by atoms with Crippen LogP contribution in [0.1, 0.15) is 5.56 Å². The van der Waals surface area contributed by atoms with Gasteiger partial charge in [0.25, 0.3) is 0 Å². The fourth-order valence-corrected chi connectivity index (χ4v) is 3.81. The van der Waals surface area contributed by atoms with Crippen molar-refractivity contribution < 1.29 is 4.48 Å². The lowest BCUT2D eigenvalue weighted by Gasteiger charge is -2.60. The van der Waals surface area contributed by atoms with Gasteiger partial charge in [-0.1, -0.05) is 36.4 Å². The molecule has 4 heteroatoms. The van der Waals surface area contributed by atoms with Crippen LogP contribution in [0.25, 0.3) is 6.08 Å². The highest BCUT2D eigenvalue weighted by molar-refractivity contribution is 5.48. The monoisotopic (exact) mass is 257 g/mol. The fraction of sp³-hybridized carbons (Fsp3) is 0.467. The molecular weight excluding hydrogens is 236 g/mol. The molecule has 19 heavy (non-hydrogen) atoms. The Kier molecular flexibility index (Phi) is 2.70. The fourth-order valence-electron chi connectivity index (χ4n) is 3.81. The maximum Gasteiger partial charge on any atom is 0.139 e. The van der Waals surface area contributed by atoms with Crippen LogP contribution in [-0.4, -0.2) is 65.7 Å². The van der Waals surface area contributed by atoms with Gasteiger partial charge in [-0.3, -0.25) is 4.48 Å². The zero-order valence-corrected chi connectivity index (χ0v) is 11.3. The van der Waals surface area contributed by atoms with Gasteiger partial charge in [0.15, 0.2) is 0 Å². The third-order valence-corrected chi connectivity index (χ3v) is 4.30. The van der Waals surface area contributed by atoms with E-state index in [9.17, 15) is 0 Å². The zero-order chi connectivity index (χ0) is 12.7. The van der Waals surface area contributed by atoms with Crippen molar-refractivity contribution in [1.29, 1.82) is 0 Å². The molecule has 4 saturated heterocycles. The molecule has 0 aliphatic carbocycles. The van der Waals surface area contributed by atoms with Crippen LogP contribution >= 0.6 is 0 Å². The lowest BCUT2D eigenvalue weighted by atomic mass is 10.2. The first-order chi connectivity index (χ1) is 9.31. The molecule has 1 aromatic carbocycles. The van der Waals surface area contributed by atoms with E-state index in [1.807, 2.05) is 0 Å². The number of hydrogen-bond acceptors (Lipinski definition) is 3. The highest BCUT2D eigenvalue weighted by Crippen LogP contribution is 2.28. The van der Waals surface area contributed by atoms with Crippen molar-refractivity contribution in [2.45, 2.75) is 0 Å². The molecule has 0 aromatic heterocycles. The summed E-state index contributed by atoms with van der Waals surface area (Å²) in [6, 6.07) is 10.6. The average molecular weight is 257 g/mol. The van der Waals surface area contributed by atoms with Crippen LogP contribution in [0.4, 0.5) is 0 Å². The van der Waals surface area contributed by atoms with E-state index in [4.69, 9.17) is 0 Å². The summed E-state index contributed by atoms with van der Waals surface area (Å²) < 4.78 is 1.18. The summed E-state index contributed by atoms with van der Waals surface area (Å²) in [6.07, 6.45) is 4.61. The van der Waals surface area contributed by atoms with Gasteiger partial charge in [-0.15, -0.1) is 0 Å². The first kappa shape index (κ1) is 11.6. The van der Waals surface area contributed by atoms with Crippen LogP contribution in [0.5, 0.6) is 0 Å². The second kappa shape index (κ2) is 4.42. The van der Waals surface area contributed by atoms with Crippen molar-refractivity contribution in [3.05, 3.63) is 42.0 Å². The van der Waals surface area contributed by atoms with Crippen molar-refractivity contribution in [1.82, 2.24) is 14.7 Å². The summed E-state index contributed by atoms with van der Waals surface area (Å²) in [5.41, 5.74) is 1.30. The Hall–Kier alpha value is -1.20. The number of rotatable bonds is 3. The Morgan fingerprint density at radius 2 is 1.47 bits per heavy atom. The molecule has 0 atom stereocenters. The summed E-state index contributed by atoms with van der Waals surface area (Å²) in [4.78, 5) is 7.69. The van der Waals surface area contributed by atoms with Gasteiger partial charge in [0, 0.05) is 0 Å². The molecule has 0 unspecified atom stereocenters. The average Bonchev–Trinajstić information content (AvgIpc) is 2.38. The van der Waals surface area contributed by atoms with E-state index in [0.29, 0.717) is 0 Å². The minimum Gasteiger partial charge on any atom is -0.283 e. The Morgan fingerprint density at radius 1 is 0.895 bits per heavy atom. The van der Waals surface area contributed by atoms with Crippen LogP contribution in [0.3, 0.4) is 0 Å². The summed E-state index contributed by atoms with van der Waals surface area (Å²) in [5, 5.41) is 0. The first-order valence-electron chi connectivity index (χ1n) is 7.05. The smallest absolute Gasteiger partial charge is 0.139 e. The van der Waals surface area contributed by atoms with Gasteiger partial charge in [0.05, 0.1) is 20.0 Å². The van der Waals surface area contributed by atoms with E-state index in [0.717, 1.165) is 6.54 Å². The van der Waals surface area contributed by atoms with Crippen molar-refractivity contribution in [2.75, 3.05) is 46.6 Å². The molecule has 4 fully saturated rings. The summed E-state index contributed by atoms with van der Waals surface area (Å²) in [7, 11) is 0. The number of benzene rings is 1. The standard InChI is InChI=1S/C15H21N4/c1-2-5-15(6-3-1)7-4-8-19-12-16-9-17(13-19)11-18(10-16)14-19/h1-7H,8-14H2/q+1/b7-4+. The van der Waals surface area contributed by atoms with Crippen LogP contribution < -0.4 is 0 Å². The third kappa shape index (κ3) is 2.21. The molecule has 4 aliphatic rings. The first-order valence-corrected chi connectivity index (χ1v) is 7.05.